The van der Waals surface area contributed by atoms with Crippen LogP contribution in [0.15, 0.2) is 42.5 Å². The van der Waals surface area contributed by atoms with E-state index in [9.17, 15) is 0 Å². The van der Waals surface area contributed by atoms with Gasteiger partial charge < -0.3 is 5.32 Å². The van der Waals surface area contributed by atoms with E-state index in [1.54, 1.807) is 0 Å². The highest BCUT2D eigenvalue weighted by molar-refractivity contribution is 6.33. The molecule has 0 heterocycles. The molecule has 0 fully saturated rings. The van der Waals surface area contributed by atoms with Crippen LogP contribution >= 0.6 is 11.6 Å². The molecule has 2 heteroatoms. The molecule has 0 aromatic heterocycles. The summed E-state index contributed by atoms with van der Waals surface area (Å²) in [5.41, 5.74) is 4.84. The summed E-state index contributed by atoms with van der Waals surface area (Å²) < 4.78 is 0. The Morgan fingerprint density at radius 3 is 2.25 bits per heavy atom. The van der Waals surface area contributed by atoms with E-state index in [2.05, 4.69) is 49.5 Å². The molecule has 20 heavy (non-hydrogen) atoms. The first-order valence-electron chi connectivity index (χ1n) is 7.12. The number of hydrogen-bond donors (Lipinski definition) is 1. The predicted molar refractivity (Wildman–Crippen MR) is 88.5 cm³/mol. The minimum atomic E-state index is 0.699. The van der Waals surface area contributed by atoms with Crippen molar-refractivity contribution in [3.05, 3.63) is 64.2 Å². The lowest BCUT2D eigenvalue weighted by Gasteiger charge is -2.10. The molecule has 0 aliphatic carbocycles. The Balaban J connectivity index is 1.96. The summed E-state index contributed by atoms with van der Waals surface area (Å²) in [6.45, 7) is 7.33. The van der Waals surface area contributed by atoms with E-state index in [1.165, 1.54) is 16.7 Å². The van der Waals surface area contributed by atoms with Crippen LogP contribution in [-0.2, 0) is 13.0 Å². The van der Waals surface area contributed by atoms with Gasteiger partial charge in [-0.2, -0.15) is 0 Å². The van der Waals surface area contributed by atoms with Crippen molar-refractivity contribution in [2.75, 3.05) is 5.32 Å². The van der Waals surface area contributed by atoms with Crippen LogP contribution in [-0.4, -0.2) is 0 Å². The molecule has 0 saturated carbocycles. The van der Waals surface area contributed by atoms with Crippen LogP contribution in [0.2, 0.25) is 5.02 Å². The number of hydrogen-bond acceptors (Lipinski definition) is 1. The summed E-state index contributed by atoms with van der Waals surface area (Å²) in [6.07, 6.45) is 1.14. The molecule has 0 aliphatic rings. The van der Waals surface area contributed by atoms with Crippen molar-refractivity contribution in [3.8, 4) is 0 Å². The molecule has 0 amide bonds. The number of rotatable bonds is 5. The number of halogens is 1. The van der Waals surface area contributed by atoms with Gasteiger partial charge in [-0.1, -0.05) is 55.8 Å². The highest BCUT2D eigenvalue weighted by atomic mass is 35.5. The summed E-state index contributed by atoms with van der Waals surface area (Å²) in [7, 11) is 0. The molecule has 106 valence electrons. The normalized spacial score (nSPS) is 10.8. The monoisotopic (exact) mass is 287 g/mol. The molecule has 1 nitrogen and oxygen atoms in total. The molecule has 1 N–H and O–H groups in total. The van der Waals surface area contributed by atoms with Crippen molar-refractivity contribution < 1.29 is 0 Å². The van der Waals surface area contributed by atoms with Gasteiger partial charge in [0, 0.05) is 6.54 Å². The van der Waals surface area contributed by atoms with Crippen molar-refractivity contribution in [2.24, 2.45) is 5.92 Å². The van der Waals surface area contributed by atoms with Crippen LogP contribution in [0.3, 0.4) is 0 Å². The van der Waals surface area contributed by atoms with Gasteiger partial charge >= 0.3 is 0 Å². The van der Waals surface area contributed by atoms with E-state index >= 15 is 0 Å². The third-order valence-corrected chi connectivity index (χ3v) is 3.59. The standard InChI is InChI=1S/C18H22ClN/c1-13(2)10-15-5-7-16(8-6-15)12-20-18-9-4-14(3)11-17(18)19/h4-9,11,13,20H,10,12H2,1-3H3. The highest BCUT2D eigenvalue weighted by Gasteiger charge is 2.01. The molecule has 2 aromatic carbocycles. The Kier molecular flexibility index (Phi) is 5.08. The Hall–Kier alpha value is -1.47. The van der Waals surface area contributed by atoms with Gasteiger partial charge in [0.05, 0.1) is 10.7 Å². The summed E-state index contributed by atoms with van der Waals surface area (Å²) in [5.74, 6) is 0.699. The molecule has 0 saturated heterocycles. The zero-order valence-corrected chi connectivity index (χ0v) is 13.2. The Labute approximate surface area is 127 Å². The van der Waals surface area contributed by atoms with Gasteiger partial charge in [0.1, 0.15) is 0 Å². The molecule has 0 spiro atoms. The minimum Gasteiger partial charge on any atom is -0.380 e. The number of aryl methyl sites for hydroxylation is 1. The summed E-state index contributed by atoms with van der Waals surface area (Å²) in [5, 5.41) is 4.16. The van der Waals surface area contributed by atoms with Crippen LogP contribution in [0.1, 0.15) is 30.5 Å². The second-order valence-electron chi connectivity index (χ2n) is 5.75. The summed E-state index contributed by atoms with van der Waals surface area (Å²) in [4.78, 5) is 0. The fourth-order valence-corrected chi connectivity index (χ4v) is 2.53. The van der Waals surface area contributed by atoms with Gasteiger partial charge in [0.2, 0.25) is 0 Å². The zero-order valence-electron chi connectivity index (χ0n) is 12.4. The smallest absolute Gasteiger partial charge is 0.0640 e. The first-order chi connectivity index (χ1) is 9.54. The van der Waals surface area contributed by atoms with E-state index < -0.39 is 0 Å². The third kappa shape index (κ3) is 4.28. The van der Waals surface area contributed by atoms with E-state index in [4.69, 9.17) is 11.6 Å². The largest absolute Gasteiger partial charge is 0.380 e. The predicted octanol–water partition coefficient (Wildman–Crippen LogP) is 5.46. The van der Waals surface area contributed by atoms with Gasteiger partial charge in [0.15, 0.2) is 0 Å². The molecule has 0 unspecified atom stereocenters. The molecule has 2 aromatic rings. The molecule has 0 aliphatic heterocycles. The Morgan fingerprint density at radius 2 is 1.65 bits per heavy atom. The lowest BCUT2D eigenvalue weighted by Crippen LogP contribution is -2.01. The average molecular weight is 288 g/mol. The maximum absolute atomic E-state index is 6.22. The van der Waals surface area contributed by atoms with E-state index in [-0.39, 0.29) is 0 Å². The second kappa shape index (κ2) is 6.81. The van der Waals surface area contributed by atoms with Crippen molar-refractivity contribution >= 4 is 17.3 Å². The van der Waals surface area contributed by atoms with Crippen LogP contribution in [0.25, 0.3) is 0 Å². The van der Waals surface area contributed by atoms with E-state index in [0.29, 0.717) is 5.92 Å². The quantitative estimate of drug-likeness (QED) is 0.770. The lowest BCUT2D eigenvalue weighted by molar-refractivity contribution is 0.647. The summed E-state index contributed by atoms with van der Waals surface area (Å²) >= 11 is 6.22. The van der Waals surface area contributed by atoms with Crippen molar-refractivity contribution in [3.63, 3.8) is 0 Å². The number of anilines is 1. The zero-order chi connectivity index (χ0) is 14.5. The van der Waals surface area contributed by atoms with E-state index in [0.717, 1.165) is 23.7 Å². The molecule has 0 radical (unpaired) electrons. The number of benzene rings is 2. The third-order valence-electron chi connectivity index (χ3n) is 3.27. The maximum atomic E-state index is 6.22. The maximum Gasteiger partial charge on any atom is 0.0640 e. The van der Waals surface area contributed by atoms with Crippen molar-refractivity contribution in [1.29, 1.82) is 0 Å². The van der Waals surface area contributed by atoms with Gasteiger partial charge in [-0.3, -0.25) is 0 Å². The fraction of sp³-hybridized carbons (Fsp3) is 0.333. The average Bonchev–Trinajstić information content (AvgIpc) is 2.39. The molecule has 0 atom stereocenters. The lowest BCUT2D eigenvalue weighted by atomic mass is 10.0. The van der Waals surface area contributed by atoms with Crippen LogP contribution in [0.4, 0.5) is 5.69 Å². The van der Waals surface area contributed by atoms with Gasteiger partial charge in [-0.25, -0.2) is 0 Å². The SMILES string of the molecule is Cc1ccc(NCc2ccc(CC(C)C)cc2)c(Cl)c1. The Bertz CT molecular complexity index is 558. The Morgan fingerprint density at radius 1 is 1.00 bits per heavy atom. The van der Waals surface area contributed by atoms with E-state index in [1.807, 2.05) is 19.1 Å². The number of nitrogens with one attached hydrogen (secondary N) is 1. The van der Waals surface area contributed by atoms with Crippen molar-refractivity contribution in [2.45, 2.75) is 33.7 Å². The molecular formula is C18H22ClN. The topological polar surface area (TPSA) is 12.0 Å². The van der Waals surface area contributed by atoms with Crippen LogP contribution < -0.4 is 5.32 Å². The van der Waals surface area contributed by atoms with Crippen LogP contribution in [0.5, 0.6) is 0 Å². The first-order valence-corrected chi connectivity index (χ1v) is 7.50. The molecule has 2 rings (SSSR count). The second-order valence-corrected chi connectivity index (χ2v) is 6.16. The van der Waals surface area contributed by atoms with Gasteiger partial charge in [-0.05, 0) is 48.1 Å². The highest BCUT2D eigenvalue weighted by Crippen LogP contribution is 2.23. The van der Waals surface area contributed by atoms with Crippen molar-refractivity contribution in [1.82, 2.24) is 0 Å². The molecular weight excluding hydrogens is 266 g/mol. The van der Waals surface area contributed by atoms with Gasteiger partial charge in [0.25, 0.3) is 0 Å². The fourth-order valence-electron chi connectivity index (χ4n) is 2.23. The first kappa shape index (κ1) is 14.9. The van der Waals surface area contributed by atoms with Crippen LogP contribution in [0, 0.1) is 12.8 Å². The van der Waals surface area contributed by atoms with Gasteiger partial charge in [-0.15, -0.1) is 0 Å². The minimum absolute atomic E-state index is 0.699. The summed E-state index contributed by atoms with van der Waals surface area (Å²) in [6, 6.07) is 14.9. The molecule has 0 bridgehead atoms.